The van der Waals surface area contributed by atoms with Gasteiger partial charge in [-0.1, -0.05) is 13.0 Å². The third-order valence-corrected chi connectivity index (χ3v) is 4.04. The van der Waals surface area contributed by atoms with Crippen LogP contribution in [0.1, 0.15) is 26.3 Å². The van der Waals surface area contributed by atoms with Gasteiger partial charge < -0.3 is 15.0 Å². The molecule has 110 valence electrons. The minimum Gasteiger partial charge on any atom is -0.491 e. The average molecular weight is 295 g/mol. The molecule has 0 amide bonds. The Bertz CT molecular complexity index is 624. The summed E-state index contributed by atoms with van der Waals surface area (Å²) >= 11 is 0. The number of aromatic nitrogens is 2. The molecule has 0 radical (unpaired) electrons. The van der Waals surface area contributed by atoms with E-state index in [9.17, 15) is 4.21 Å². The molecule has 6 heteroatoms. The zero-order chi connectivity index (χ0) is 14.7. The maximum absolute atomic E-state index is 11.4. The molecule has 1 aromatic carbocycles. The largest absolute Gasteiger partial charge is 0.491 e. The van der Waals surface area contributed by atoms with Gasteiger partial charge in [0.25, 0.3) is 0 Å². The van der Waals surface area contributed by atoms with Gasteiger partial charge in [0.15, 0.2) is 0 Å². The third kappa shape index (κ3) is 2.95. The van der Waals surface area contributed by atoms with Gasteiger partial charge in [-0.05, 0) is 25.5 Å². The Labute approximate surface area is 121 Å². The zero-order valence-electron chi connectivity index (χ0n) is 12.1. The van der Waals surface area contributed by atoms with Crippen LogP contribution in [-0.4, -0.2) is 32.4 Å². The maximum atomic E-state index is 11.4. The highest BCUT2D eigenvalue weighted by atomic mass is 32.2. The average Bonchev–Trinajstić information content (AvgIpc) is 2.72. The molecule has 2 rings (SSSR count). The van der Waals surface area contributed by atoms with Gasteiger partial charge in [-0.15, -0.1) is 0 Å². The highest BCUT2D eigenvalue weighted by molar-refractivity contribution is 7.84. The molecule has 0 aliphatic heterocycles. The Hall–Kier alpha value is -1.56. The quantitative estimate of drug-likeness (QED) is 0.888. The van der Waals surface area contributed by atoms with Crippen LogP contribution in [0.15, 0.2) is 18.2 Å². The van der Waals surface area contributed by atoms with Crippen LogP contribution in [0.3, 0.4) is 0 Å². The summed E-state index contributed by atoms with van der Waals surface area (Å²) in [5.74, 6) is 1.74. The van der Waals surface area contributed by atoms with Crippen LogP contribution in [0.4, 0.5) is 5.95 Å². The van der Waals surface area contributed by atoms with Crippen molar-refractivity contribution >= 4 is 27.8 Å². The number of para-hydroxylation sites is 1. The number of nitrogen functional groups attached to an aromatic ring is 1. The van der Waals surface area contributed by atoms with E-state index in [2.05, 4.69) is 11.9 Å². The first-order valence-corrected chi connectivity index (χ1v) is 8.46. The molecule has 0 fully saturated rings. The standard InChI is InChI=1S/C14H21N3O2S/c1-4-8-19-12-7-5-6-11-13(12)16-14(15)17(11)10(2)9-20(3)18/h5-7,10H,4,8-9H2,1-3H3,(H2,15,16). The summed E-state index contributed by atoms with van der Waals surface area (Å²) in [5, 5.41) is 0. The van der Waals surface area contributed by atoms with Crippen molar-refractivity contribution in [3.8, 4) is 5.75 Å². The number of hydrogen-bond donors (Lipinski definition) is 1. The number of nitrogens with two attached hydrogens (primary N) is 1. The summed E-state index contributed by atoms with van der Waals surface area (Å²) in [4.78, 5) is 4.41. The van der Waals surface area contributed by atoms with Crippen LogP contribution in [-0.2, 0) is 10.8 Å². The van der Waals surface area contributed by atoms with E-state index in [1.165, 1.54) is 0 Å². The number of rotatable bonds is 6. The maximum Gasteiger partial charge on any atom is 0.201 e. The molecule has 0 aliphatic carbocycles. The van der Waals surface area contributed by atoms with Crippen molar-refractivity contribution in [2.75, 3.05) is 24.3 Å². The summed E-state index contributed by atoms with van der Waals surface area (Å²) in [6.45, 7) is 4.71. The highest BCUT2D eigenvalue weighted by Crippen LogP contribution is 2.29. The molecule has 2 N–H and O–H groups in total. The molecule has 0 saturated carbocycles. The molecule has 0 aliphatic rings. The van der Waals surface area contributed by atoms with Crippen molar-refractivity contribution in [1.29, 1.82) is 0 Å². The lowest BCUT2D eigenvalue weighted by Crippen LogP contribution is -2.14. The molecule has 0 saturated heterocycles. The van der Waals surface area contributed by atoms with Gasteiger partial charge in [-0.25, -0.2) is 4.98 Å². The topological polar surface area (TPSA) is 70.1 Å². The molecule has 2 unspecified atom stereocenters. The minimum atomic E-state index is -0.877. The second kappa shape index (κ2) is 6.26. The number of anilines is 1. The van der Waals surface area contributed by atoms with Crippen molar-refractivity contribution in [2.24, 2.45) is 0 Å². The molecule has 2 aromatic rings. The van der Waals surface area contributed by atoms with Crippen LogP contribution >= 0.6 is 0 Å². The molecular formula is C14H21N3O2S. The summed E-state index contributed by atoms with van der Waals surface area (Å²) in [5.41, 5.74) is 7.72. The molecule has 5 nitrogen and oxygen atoms in total. The molecule has 1 heterocycles. The van der Waals surface area contributed by atoms with Crippen molar-refractivity contribution in [3.05, 3.63) is 18.2 Å². The van der Waals surface area contributed by atoms with Gasteiger partial charge in [-0.2, -0.15) is 0 Å². The van der Waals surface area contributed by atoms with Crippen LogP contribution in [0.2, 0.25) is 0 Å². The summed E-state index contributed by atoms with van der Waals surface area (Å²) in [7, 11) is -0.877. The van der Waals surface area contributed by atoms with Crippen LogP contribution in [0, 0.1) is 0 Å². The third-order valence-electron chi connectivity index (χ3n) is 3.09. The fourth-order valence-electron chi connectivity index (χ4n) is 2.32. The second-order valence-corrected chi connectivity index (χ2v) is 6.38. The lowest BCUT2D eigenvalue weighted by atomic mass is 10.2. The van der Waals surface area contributed by atoms with Gasteiger partial charge in [0, 0.05) is 28.9 Å². The van der Waals surface area contributed by atoms with E-state index >= 15 is 0 Å². The van der Waals surface area contributed by atoms with Crippen molar-refractivity contribution < 1.29 is 8.95 Å². The van der Waals surface area contributed by atoms with Gasteiger partial charge in [-0.3, -0.25) is 4.21 Å². The molecule has 0 bridgehead atoms. The number of ether oxygens (including phenoxy) is 1. The first kappa shape index (κ1) is 14.8. The second-order valence-electron chi connectivity index (χ2n) is 4.90. The van der Waals surface area contributed by atoms with Crippen molar-refractivity contribution in [3.63, 3.8) is 0 Å². The predicted molar refractivity (Wildman–Crippen MR) is 83.6 cm³/mol. The fraction of sp³-hybridized carbons (Fsp3) is 0.500. The summed E-state index contributed by atoms with van der Waals surface area (Å²) in [6, 6.07) is 5.83. The van der Waals surface area contributed by atoms with Crippen molar-refractivity contribution in [2.45, 2.75) is 26.3 Å². The van der Waals surface area contributed by atoms with Crippen molar-refractivity contribution in [1.82, 2.24) is 9.55 Å². The Morgan fingerprint density at radius 1 is 1.50 bits per heavy atom. The Morgan fingerprint density at radius 3 is 2.90 bits per heavy atom. The monoisotopic (exact) mass is 295 g/mol. The molecule has 0 spiro atoms. The number of hydrogen-bond acceptors (Lipinski definition) is 4. The van der Waals surface area contributed by atoms with E-state index in [1.807, 2.05) is 29.7 Å². The van der Waals surface area contributed by atoms with E-state index in [0.717, 1.165) is 23.2 Å². The lowest BCUT2D eigenvalue weighted by Gasteiger charge is -2.14. The van der Waals surface area contributed by atoms with Gasteiger partial charge in [0.2, 0.25) is 5.95 Å². The van der Waals surface area contributed by atoms with Crippen LogP contribution < -0.4 is 10.5 Å². The highest BCUT2D eigenvalue weighted by Gasteiger charge is 2.17. The number of benzene rings is 1. The van der Waals surface area contributed by atoms with Gasteiger partial charge in [0.05, 0.1) is 12.1 Å². The normalized spacial score (nSPS) is 14.3. The summed E-state index contributed by atoms with van der Waals surface area (Å²) in [6.07, 6.45) is 2.64. The molecule has 20 heavy (non-hydrogen) atoms. The molecule has 1 aromatic heterocycles. The zero-order valence-corrected chi connectivity index (χ0v) is 12.9. The minimum absolute atomic E-state index is 0.0345. The Kier molecular flexibility index (Phi) is 4.65. The number of imidazole rings is 1. The smallest absolute Gasteiger partial charge is 0.201 e. The van der Waals surface area contributed by atoms with Crippen LogP contribution in [0.25, 0.3) is 11.0 Å². The van der Waals surface area contributed by atoms with Gasteiger partial charge in [0.1, 0.15) is 11.3 Å². The van der Waals surface area contributed by atoms with E-state index < -0.39 is 10.8 Å². The Balaban J connectivity index is 2.46. The van der Waals surface area contributed by atoms with Gasteiger partial charge >= 0.3 is 0 Å². The first-order valence-electron chi connectivity index (χ1n) is 6.73. The molecule has 2 atom stereocenters. The lowest BCUT2D eigenvalue weighted by molar-refractivity contribution is 0.320. The summed E-state index contributed by atoms with van der Waals surface area (Å²) < 4.78 is 19.0. The van der Waals surface area contributed by atoms with Crippen LogP contribution in [0.5, 0.6) is 5.75 Å². The van der Waals surface area contributed by atoms with E-state index in [-0.39, 0.29) is 6.04 Å². The SMILES string of the molecule is CCCOc1cccc2c1nc(N)n2C(C)CS(C)=O. The predicted octanol–water partition coefficient (Wildman–Crippen LogP) is 2.35. The number of nitrogens with zero attached hydrogens (tertiary/aromatic N) is 2. The first-order chi connectivity index (χ1) is 9.54. The van der Waals surface area contributed by atoms with E-state index in [4.69, 9.17) is 10.5 Å². The van der Waals surface area contributed by atoms with E-state index in [0.29, 0.717) is 18.3 Å². The number of fused-ring (bicyclic) bond motifs is 1. The fourth-order valence-corrected chi connectivity index (χ4v) is 3.14. The van der Waals surface area contributed by atoms with E-state index in [1.54, 1.807) is 6.26 Å². The molecular weight excluding hydrogens is 274 g/mol. The Morgan fingerprint density at radius 2 is 2.25 bits per heavy atom.